The summed E-state index contributed by atoms with van der Waals surface area (Å²) in [7, 11) is 1.92. The van der Waals surface area contributed by atoms with Crippen LogP contribution in [0.1, 0.15) is 13.8 Å². The van der Waals surface area contributed by atoms with Gasteiger partial charge in [0.25, 0.3) is 0 Å². The Kier molecular flexibility index (Phi) is 2.90. The van der Waals surface area contributed by atoms with Crippen LogP contribution >= 0.6 is 0 Å². The summed E-state index contributed by atoms with van der Waals surface area (Å²) in [5.74, 6) is 0. The maximum Gasteiger partial charge on any atom is 0.179 e. The van der Waals surface area contributed by atoms with Crippen molar-refractivity contribution in [2.45, 2.75) is 25.9 Å². The molecule has 1 aliphatic rings. The highest BCUT2D eigenvalue weighted by molar-refractivity contribution is 4.90. The highest BCUT2D eigenvalue weighted by atomic mass is 15.5. The molecule has 2 atom stereocenters. The van der Waals surface area contributed by atoms with Gasteiger partial charge in [0, 0.05) is 13.1 Å². The summed E-state index contributed by atoms with van der Waals surface area (Å²) in [4.78, 5) is 1.86. The molecular formula is C8H16N4. The quantitative estimate of drug-likeness (QED) is 0.559. The van der Waals surface area contributed by atoms with Gasteiger partial charge in [0.2, 0.25) is 0 Å². The van der Waals surface area contributed by atoms with Crippen molar-refractivity contribution in [1.82, 2.24) is 15.3 Å². The van der Waals surface area contributed by atoms with Gasteiger partial charge in [0.05, 0.1) is 12.1 Å². The molecule has 0 bridgehead atoms. The van der Waals surface area contributed by atoms with Gasteiger partial charge in [-0.3, -0.25) is 5.43 Å². The van der Waals surface area contributed by atoms with Gasteiger partial charge in [-0.2, -0.15) is 5.26 Å². The van der Waals surface area contributed by atoms with Gasteiger partial charge in [-0.15, -0.1) is 0 Å². The minimum absolute atomic E-state index is 0.311. The molecule has 1 fully saturated rings. The SMILES string of the molecule is CNN1C[C@@H](C)N(C#N)[C@@H](C)C1. The Labute approximate surface area is 73.7 Å². The lowest BCUT2D eigenvalue weighted by Gasteiger charge is -2.40. The molecule has 0 amide bonds. The van der Waals surface area contributed by atoms with Crippen molar-refractivity contribution in [1.29, 1.82) is 5.26 Å². The van der Waals surface area contributed by atoms with Crippen LogP contribution in [0.3, 0.4) is 0 Å². The molecular weight excluding hydrogens is 152 g/mol. The average Bonchev–Trinajstić information content (AvgIpc) is 2.03. The maximum atomic E-state index is 8.83. The zero-order valence-corrected chi connectivity index (χ0v) is 7.91. The van der Waals surface area contributed by atoms with Crippen LogP contribution in [0.5, 0.6) is 0 Å². The molecule has 0 saturated carbocycles. The van der Waals surface area contributed by atoms with Crippen molar-refractivity contribution >= 4 is 0 Å². The smallest absolute Gasteiger partial charge is 0.179 e. The molecule has 1 N–H and O–H groups in total. The van der Waals surface area contributed by atoms with E-state index in [1.165, 1.54) is 0 Å². The summed E-state index contributed by atoms with van der Waals surface area (Å²) in [5.41, 5.74) is 3.11. The number of nitriles is 1. The molecule has 1 aliphatic heterocycles. The van der Waals surface area contributed by atoms with E-state index in [0.29, 0.717) is 12.1 Å². The Morgan fingerprint density at radius 3 is 2.17 bits per heavy atom. The largest absolute Gasteiger partial charge is 0.302 e. The van der Waals surface area contributed by atoms with E-state index in [4.69, 9.17) is 5.26 Å². The van der Waals surface area contributed by atoms with Gasteiger partial charge < -0.3 is 4.90 Å². The third kappa shape index (κ3) is 1.68. The van der Waals surface area contributed by atoms with E-state index in [1.807, 2.05) is 11.9 Å². The molecule has 0 spiro atoms. The van der Waals surface area contributed by atoms with E-state index in [0.717, 1.165) is 13.1 Å². The number of piperazine rings is 1. The normalized spacial score (nSPS) is 31.7. The maximum absolute atomic E-state index is 8.83. The molecule has 1 heterocycles. The first-order valence-electron chi connectivity index (χ1n) is 4.29. The molecule has 12 heavy (non-hydrogen) atoms. The predicted molar refractivity (Wildman–Crippen MR) is 47.0 cm³/mol. The highest BCUT2D eigenvalue weighted by Gasteiger charge is 2.27. The first kappa shape index (κ1) is 9.30. The molecule has 0 aliphatic carbocycles. The minimum Gasteiger partial charge on any atom is -0.302 e. The fourth-order valence-electron chi connectivity index (χ4n) is 1.70. The zero-order chi connectivity index (χ0) is 9.14. The van der Waals surface area contributed by atoms with Crippen LogP contribution in [0.15, 0.2) is 0 Å². The Bertz CT molecular complexity index is 174. The van der Waals surface area contributed by atoms with Crippen LogP contribution in [0.25, 0.3) is 0 Å². The van der Waals surface area contributed by atoms with Crippen molar-refractivity contribution in [3.8, 4) is 6.19 Å². The highest BCUT2D eigenvalue weighted by Crippen LogP contribution is 2.12. The monoisotopic (exact) mass is 168 g/mol. The van der Waals surface area contributed by atoms with Crippen LogP contribution < -0.4 is 5.43 Å². The van der Waals surface area contributed by atoms with Crippen LogP contribution in [0, 0.1) is 11.5 Å². The molecule has 0 radical (unpaired) electrons. The lowest BCUT2D eigenvalue weighted by atomic mass is 10.1. The van der Waals surface area contributed by atoms with Crippen molar-refractivity contribution in [3.63, 3.8) is 0 Å². The Morgan fingerprint density at radius 1 is 1.33 bits per heavy atom. The average molecular weight is 168 g/mol. The van der Waals surface area contributed by atoms with E-state index in [-0.39, 0.29) is 0 Å². The fourth-order valence-corrected chi connectivity index (χ4v) is 1.70. The van der Waals surface area contributed by atoms with E-state index in [2.05, 4.69) is 30.5 Å². The lowest BCUT2D eigenvalue weighted by Crippen LogP contribution is -2.57. The van der Waals surface area contributed by atoms with Crippen LogP contribution in [0.2, 0.25) is 0 Å². The van der Waals surface area contributed by atoms with Crippen molar-refractivity contribution in [2.24, 2.45) is 0 Å². The number of hydrogen-bond acceptors (Lipinski definition) is 4. The van der Waals surface area contributed by atoms with Gasteiger partial charge >= 0.3 is 0 Å². The van der Waals surface area contributed by atoms with Crippen molar-refractivity contribution in [2.75, 3.05) is 20.1 Å². The Hall–Kier alpha value is -0.790. The standard InChI is InChI=1S/C8H16N4/c1-7-4-11(10-3)5-8(2)12(7)6-9/h7-8,10H,4-5H2,1-3H3/t7-,8+. The van der Waals surface area contributed by atoms with E-state index in [1.54, 1.807) is 0 Å². The summed E-state index contributed by atoms with van der Waals surface area (Å²) >= 11 is 0. The molecule has 0 aromatic carbocycles. The zero-order valence-electron chi connectivity index (χ0n) is 7.91. The molecule has 0 aromatic heterocycles. The third-order valence-electron chi connectivity index (χ3n) is 2.35. The van der Waals surface area contributed by atoms with Gasteiger partial charge in [-0.1, -0.05) is 0 Å². The molecule has 68 valence electrons. The second-order valence-corrected chi connectivity index (χ2v) is 3.33. The van der Waals surface area contributed by atoms with Crippen LogP contribution in [-0.4, -0.2) is 42.1 Å². The summed E-state index contributed by atoms with van der Waals surface area (Å²) in [6, 6.07) is 0.623. The first-order valence-corrected chi connectivity index (χ1v) is 4.29. The number of hydrazine groups is 1. The minimum atomic E-state index is 0.311. The molecule has 4 nitrogen and oxygen atoms in total. The Balaban J connectivity index is 2.58. The van der Waals surface area contributed by atoms with Crippen LogP contribution in [-0.2, 0) is 0 Å². The second-order valence-electron chi connectivity index (χ2n) is 3.33. The predicted octanol–water partition coefficient (Wildman–Crippen LogP) is -0.00352. The van der Waals surface area contributed by atoms with E-state index in [9.17, 15) is 0 Å². The van der Waals surface area contributed by atoms with Gasteiger partial charge in [-0.05, 0) is 20.9 Å². The molecule has 0 aromatic rings. The number of nitrogens with one attached hydrogen (secondary N) is 1. The van der Waals surface area contributed by atoms with Gasteiger partial charge in [-0.25, -0.2) is 5.01 Å². The van der Waals surface area contributed by atoms with E-state index < -0.39 is 0 Å². The third-order valence-corrected chi connectivity index (χ3v) is 2.35. The summed E-state index contributed by atoms with van der Waals surface area (Å²) < 4.78 is 0. The van der Waals surface area contributed by atoms with Gasteiger partial charge in [0.15, 0.2) is 6.19 Å². The number of nitrogens with zero attached hydrogens (tertiary/aromatic N) is 3. The summed E-state index contributed by atoms with van der Waals surface area (Å²) in [6.45, 7) is 5.97. The molecule has 1 saturated heterocycles. The second kappa shape index (κ2) is 3.74. The summed E-state index contributed by atoms with van der Waals surface area (Å²) in [6.07, 6.45) is 2.23. The topological polar surface area (TPSA) is 42.3 Å². The fraction of sp³-hybridized carbons (Fsp3) is 0.875. The first-order chi connectivity index (χ1) is 5.69. The number of rotatable bonds is 1. The lowest BCUT2D eigenvalue weighted by molar-refractivity contribution is 0.0536. The van der Waals surface area contributed by atoms with Crippen molar-refractivity contribution in [3.05, 3.63) is 0 Å². The van der Waals surface area contributed by atoms with Crippen molar-refractivity contribution < 1.29 is 0 Å². The Morgan fingerprint density at radius 2 is 1.83 bits per heavy atom. The number of hydrogen-bond donors (Lipinski definition) is 1. The van der Waals surface area contributed by atoms with Gasteiger partial charge in [0.1, 0.15) is 0 Å². The molecule has 1 rings (SSSR count). The van der Waals surface area contributed by atoms with E-state index >= 15 is 0 Å². The van der Waals surface area contributed by atoms with Crippen LogP contribution in [0.4, 0.5) is 0 Å². The summed E-state index contributed by atoms with van der Waals surface area (Å²) in [5, 5.41) is 11.0. The molecule has 4 heteroatoms. The molecule has 0 unspecified atom stereocenters.